The molecule has 354 valence electrons. The average Bonchev–Trinajstić information content (AvgIpc) is 4.30. The Kier molecular flexibility index (Phi) is 9.61. The Hall–Kier alpha value is -9.53. The summed E-state index contributed by atoms with van der Waals surface area (Å²) >= 11 is 3.77. The van der Waals surface area contributed by atoms with Crippen LogP contribution in [-0.4, -0.2) is 24.1 Å². The van der Waals surface area contributed by atoms with E-state index in [1.165, 1.54) is 89.5 Å². The summed E-state index contributed by atoms with van der Waals surface area (Å²) in [7, 11) is 0. The highest BCUT2D eigenvalue weighted by Gasteiger charge is 2.24. The molecule has 5 aromatic heterocycles. The van der Waals surface area contributed by atoms with Gasteiger partial charge in [0.05, 0.1) is 22.1 Å². The highest BCUT2D eigenvalue weighted by molar-refractivity contribution is 7.27. The number of hydrogen-bond acceptors (Lipinski definition) is 5. The van der Waals surface area contributed by atoms with Crippen LogP contribution >= 0.6 is 22.7 Å². The molecule has 5 nitrogen and oxygen atoms in total. The molecule has 0 aliphatic heterocycles. The van der Waals surface area contributed by atoms with E-state index in [0.29, 0.717) is 17.5 Å². The molecule has 0 unspecified atom stereocenters. The minimum absolute atomic E-state index is 0.620. The van der Waals surface area contributed by atoms with Crippen LogP contribution in [0, 0.1) is 0 Å². The van der Waals surface area contributed by atoms with Gasteiger partial charge in [0.25, 0.3) is 0 Å². The largest absolute Gasteiger partial charge is 0.309 e. The van der Waals surface area contributed by atoms with Crippen molar-refractivity contribution in [2.75, 3.05) is 0 Å². The van der Waals surface area contributed by atoms with Gasteiger partial charge in [-0.1, -0.05) is 194 Å². The molecule has 0 saturated carbocycles. The number of aromatic nitrogens is 5. The van der Waals surface area contributed by atoms with Crippen LogP contribution in [0.1, 0.15) is 0 Å². The van der Waals surface area contributed by atoms with Crippen LogP contribution in [0.5, 0.6) is 0 Å². The van der Waals surface area contributed by atoms with Gasteiger partial charge in [0, 0.05) is 95.5 Å². The third-order valence-electron chi connectivity index (χ3n) is 15.2. The molecule has 16 rings (SSSR count). The first-order valence-electron chi connectivity index (χ1n) is 25.6. The first kappa shape index (κ1) is 42.9. The molecule has 0 N–H and O–H groups in total. The van der Waals surface area contributed by atoms with Gasteiger partial charge >= 0.3 is 0 Å². The second-order valence-corrected chi connectivity index (χ2v) is 21.5. The zero-order valence-corrected chi connectivity index (χ0v) is 42.4. The summed E-state index contributed by atoms with van der Waals surface area (Å²) in [6, 6.07) is 89.4. The minimum atomic E-state index is 0.620. The van der Waals surface area contributed by atoms with E-state index in [2.05, 4.69) is 221 Å². The number of fused-ring (bicyclic) bond motifs is 14. The molecule has 16 aromatic rings. The number of nitrogens with zero attached hydrogens (tertiary/aromatic N) is 5. The Bertz CT molecular complexity index is 4920. The van der Waals surface area contributed by atoms with Gasteiger partial charge in [0.1, 0.15) is 0 Å². The van der Waals surface area contributed by atoms with E-state index in [4.69, 9.17) is 15.0 Å². The molecule has 0 radical (unpaired) electrons. The van der Waals surface area contributed by atoms with Crippen molar-refractivity contribution in [2.45, 2.75) is 0 Å². The molecule has 0 aliphatic carbocycles. The van der Waals surface area contributed by atoms with E-state index in [-0.39, 0.29) is 0 Å². The maximum Gasteiger partial charge on any atom is 0.164 e. The maximum absolute atomic E-state index is 5.42. The Morgan fingerprint density at radius 2 is 0.671 bits per heavy atom. The normalized spacial score (nSPS) is 11.9. The topological polar surface area (TPSA) is 48.5 Å². The van der Waals surface area contributed by atoms with Crippen LogP contribution in [-0.2, 0) is 0 Å². The van der Waals surface area contributed by atoms with Crippen molar-refractivity contribution in [3.63, 3.8) is 0 Å². The van der Waals surface area contributed by atoms with Crippen molar-refractivity contribution in [1.82, 2.24) is 24.1 Å². The summed E-state index contributed by atoms with van der Waals surface area (Å²) in [5.41, 5.74) is 14.4. The van der Waals surface area contributed by atoms with Crippen LogP contribution in [0.2, 0.25) is 0 Å². The Morgan fingerprint density at radius 3 is 1.20 bits per heavy atom. The number of thiophene rings is 2. The SMILES string of the molecule is c1ccc(-c2nc(-c3ccccc3)nc(-c3cc(-c4cccc5c4sc4c5ccc5c4c4ccccc4n5-c4ccccc4)ccc3-c3cccc4c3sc3c4ccc4c3c3ccccc3n4-c3ccccc3)n2)cc1. The second-order valence-electron chi connectivity index (χ2n) is 19.4. The molecular formula is C69H41N5S2. The lowest BCUT2D eigenvalue weighted by atomic mass is 9.93. The van der Waals surface area contributed by atoms with E-state index < -0.39 is 0 Å². The van der Waals surface area contributed by atoms with Crippen molar-refractivity contribution >= 4 is 107 Å². The van der Waals surface area contributed by atoms with Gasteiger partial charge < -0.3 is 9.13 Å². The van der Waals surface area contributed by atoms with E-state index in [0.717, 1.165) is 44.8 Å². The van der Waals surface area contributed by atoms with Gasteiger partial charge in [0.2, 0.25) is 0 Å². The van der Waals surface area contributed by atoms with E-state index in [9.17, 15) is 0 Å². The maximum atomic E-state index is 5.42. The van der Waals surface area contributed by atoms with Crippen molar-refractivity contribution in [1.29, 1.82) is 0 Å². The Balaban J connectivity index is 0.956. The molecule has 0 bridgehead atoms. The van der Waals surface area contributed by atoms with E-state index in [1.807, 2.05) is 59.1 Å². The number of rotatable bonds is 7. The van der Waals surface area contributed by atoms with Crippen molar-refractivity contribution in [3.05, 3.63) is 249 Å². The lowest BCUT2D eigenvalue weighted by Gasteiger charge is -2.15. The summed E-state index contributed by atoms with van der Waals surface area (Å²) < 4.78 is 9.85. The third kappa shape index (κ3) is 6.53. The summed E-state index contributed by atoms with van der Waals surface area (Å²) in [6.07, 6.45) is 0. The fourth-order valence-electron chi connectivity index (χ4n) is 11.8. The Labute approximate surface area is 444 Å². The zero-order chi connectivity index (χ0) is 49.8. The molecule has 0 amide bonds. The van der Waals surface area contributed by atoms with Gasteiger partial charge in [-0.25, -0.2) is 15.0 Å². The average molecular weight is 1000 g/mol. The minimum Gasteiger partial charge on any atom is -0.309 e. The molecule has 0 saturated heterocycles. The highest BCUT2D eigenvalue weighted by atomic mass is 32.1. The van der Waals surface area contributed by atoms with E-state index in [1.54, 1.807) is 0 Å². The van der Waals surface area contributed by atoms with Crippen LogP contribution < -0.4 is 0 Å². The molecule has 76 heavy (non-hydrogen) atoms. The van der Waals surface area contributed by atoms with Crippen molar-refractivity contribution in [2.24, 2.45) is 0 Å². The fourth-order valence-corrected chi connectivity index (χ4v) is 14.6. The molecule has 0 fully saturated rings. The van der Waals surface area contributed by atoms with Crippen LogP contribution in [0.3, 0.4) is 0 Å². The number of benzene rings is 11. The summed E-state index contributed by atoms with van der Waals surface area (Å²) in [6.45, 7) is 0. The van der Waals surface area contributed by atoms with Crippen LogP contribution in [0.15, 0.2) is 249 Å². The molecule has 11 aromatic carbocycles. The van der Waals surface area contributed by atoms with Gasteiger partial charge in [0.15, 0.2) is 17.5 Å². The van der Waals surface area contributed by atoms with Crippen LogP contribution in [0.4, 0.5) is 0 Å². The predicted octanol–water partition coefficient (Wildman–Crippen LogP) is 19.1. The molecule has 0 spiro atoms. The number of hydrogen-bond donors (Lipinski definition) is 0. The van der Waals surface area contributed by atoms with Gasteiger partial charge in [-0.2, -0.15) is 0 Å². The quantitative estimate of drug-likeness (QED) is 0.160. The molecule has 0 atom stereocenters. The summed E-state index contributed by atoms with van der Waals surface area (Å²) in [5.74, 6) is 1.88. The predicted molar refractivity (Wildman–Crippen MR) is 321 cm³/mol. The smallest absolute Gasteiger partial charge is 0.164 e. The van der Waals surface area contributed by atoms with Gasteiger partial charge in [-0.15, -0.1) is 22.7 Å². The van der Waals surface area contributed by atoms with E-state index >= 15 is 0 Å². The highest BCUT2D eigenvalue weighted by Crippen LogP contribution is 2.50. The summed E-state index contributed by atoms with van der Waals surface area (Å²) in [4.78, 5) is 16.0. The lowest BCUT2D eigenvalue weighted by molar-refractivity contribution is 1.07. The van der Waals surface area contributed by atoms with Crippen molar-refractivity contribution in [3.8, 4) is 67.8 Å². The molecular weight excluding hydrogens is 963 g/mol. The van der Waals surface area contributed by atoms with Gasteiger partial charge in [-0.3, -0.25) is 0 Å². The Morgan fingerprint density at radius 1 is 0.250 bits per heavy atom. The van der Waals surface area contributed by atoms with Crippen molar-refractivity contribution < 1.29 is 0 Å². The zero-order valence-electron chi connectivity index (χ0n) is 40.7. The molecule has 5 heterocycles. The standard InChI is InChI=1S/C69H41N5S2/c1-5-19-42(20-6-1)67-70-68(43-21-7-2-8-22-43)72-69(71-67)56-41-44(47-29-17-31-50-52-37-39-59-61(65(52)75-63(47)50)54-27-13-15-33-57(54)73(59)45-23-9-3-10-24-45)35-36-48(56)49-30-18-32-51-53-38-40-60-62(66(53)76-64(49)51)55-28-14-16-34-58(55)74(60)46-25-11-4-12-26-46/h1-41H. The monoisotopic (exact) mass is 1000 g/mol. The lowest BCUT2D eigenvalue weighted by Crippen LogP contribution is -2.01. The van der Waals surface area contributed by atoms with Gasteiger partial charge in [-0.05, 0) is 71.3 Å². The molecule has 0 aliphatic rings. The first-order chi connectivity index (χ1) is 37.7. The summed E-state index contributed by atoms with van der Waals surface area (Å²) in [5, 5.41) is 10.0. The van der Waals surface area contributed by atoms with Crippen LogP contribution in [0.25, 0.3) is 152 Å². The second kappa shape index (κ2) is 17.0. The third-order valence-corrected chi connectivity index (χ3v) is 17.7. The molecule has 7 heteroatoms. The first-order valence-corrected chi connectivity index (χ1v) is 27.2. The number of para-hydroxylation sites is 4. The fraction of sp³-hybridized carbons (Fsp3) is 0.